The number of carbonyl (C=O) groups is 1. The van der Waals surface area contributed by atoms with E-state index in [1.165, 1.54) is 48.0 Å². The van der Waals surface area contributed by atoms with E-state index in [9.17, 15) is 45.6 Å². The van der Waals surface area contributed by atoms with Crippen LogP contribution in [-0.2, 0) is 33.8 Å². The molecule has 15 atom stereocenters. The molecule has 8 aliphatic rings. The van der Waals surface area contributed by atoms with E-state index in [1.54, 1.807) is 18.2 Å². The van der Waals surface area contributed by atoms with Crippen LogP contribution >= 0.6 is 21.6 Å². The molecular formula is C69H95N3O14S2. The lowest BCUT2D eigenvalue weighted by Gasteiger charge is -2.53. The predicted octanol–water partition coefficient (Wildman–Crippen LogP) is 9.89. The molecule has 12 rings (SSSR count). The molecule has 15 unspecified atom stereocenters. The Morgan fingerprint density at radius 3 is 2.50 bits per heavy atom. The molecule has 482 valence electrons. The monoisotopic (exact) mass is 1250 g/mol. The van der Waals surface area contributed by atoms with Crippen molar-refractivity contribution in [1.29, 1.82) is 0 Å². The van der Waals surface area contributed by atoms with Crippen molar-refractivity contribution in [3.8, 4) is 40.6 Å². The van der Waals surface area contributed by atoms with Crippen LogP contribution in [0.15, 0.2) is 54.9 Å². The fourth-order valence-corrected chi connectivity index (χ4v) is 19.6. The number of aryl methyl sites for hydroxylation is 1. The standard InChI is InChI=1S/C69H95N3O14S2/c1-42-12-15-47-16-19-57(75)52-32-66(80)71-56(52)11-7-24-83-39-72-36-46-9-6-10-50(54(46)37-72)59(77)33-65-51-31-60(78)62(86-49-18-14-45-35-70-68(20-4-3-5-21-68)22-8-23-69(47,34-42)55(45)29-49)28-44(51)13-17-48(84-40-73)30-58(76)53(61(79)38-87-88-65)25-43-26-63(82-2)67(81)64(27-43)85-41-74/h6,9-10,26-28,31,36-37,42,45,47-49,52-53,55-59,61,65,70,73-79,81H,3-5,7,11-22,24-25,29-30,32-35,38-41H2,1-2H3,(H,71,80). The number of aliphatic hydroxyl groups is 6. The van der Waals surface area contributed by atoms with Crippen molar-refractivity contribution < 1.29 is 69.3 Å². The van der Waals surface area contributed by atoms with Crippen LogP contribution in [0.3, 0.4) is 0 Å². The lowest BCUT2D eigenvalue weighted by molar-refractivity contribution is -0.119. The van der Waals surface area contributed by atoms with E-state index < -0.39 is 55.3 Å². The van der Waals surface area contributed by atoms with E-state index >= 15 is 0 Å². The van der Waals surface area contributed by atoms with Crippen molar-refractivity contribution in [1.82, 2.24) is 15.2 Å². The highest BCUT2D eigenvalue weighted by molar-refractivity contribution is 8.76. The van der Waals surface area contributed by atoms with Gasteiger partial charge < -0.3 is 79.7 Å². The summed E-state index contributed by atoms with van der Waals surface area (Å²) in [5.74, 6) is 8.60. The summed E-state index contributed by atoms with van der Waals surface area (Å²) in [5.41, 5.74) is 2.62. The van der Waals surface area contributed by atoms with Gasteiger partial charge in [0.25, 0.3) is 0 Å². The Bertz CT molecular complexity index is 3060. The van der Waals surface area contributed by atoms with Gasteiger partial charge in [0.15, 0.2) is 29.8 Å². The van der Waals surface area contributed by atoms with Crippen LogP contribution in [0.2, 0.25) is 0 Å². The molecule has 17 nitrogen and oxygen atoms in total. The molecule has 0 radical (unpaired) electrons. The summed E-state index contributed by atoms with van der Waals surface area (Å²) in [4.78, 5) is 13.1. The number of hydrogen-bond donors (Lipinski definition) is 10. The van der Waals surface area contributed by atoms with E-state index in [-0.39, 0.29) is 102 Å². The quantitative estimate of drug-likeness (QED) is 0.0469. The number of benzene rings is 3. The molecule has 19 heteroatoms. The molecule has 4 aromatic rings. The minimum absolute atomic E-state index is 0.00455. The number of hydrogen-bond acceptors (Lipinski definition) is 17. The zero-order valence-electron chi connectivity index (χ0n) is 51.4. The van der Waals surface area contributed by atoms with Gasteiger partial charge in [0.05, 0.1) is 43.7 Å². The average Bonchev–Trinajstić information content (AvgIpc) is 1.22. The van der Waals surface area contributed by atoms with Gasteiger partial charge in [-0.3, -0.25) is 4.79 Å². The van der Waals surface area contributed by atoms with Gasteiger partial charge >= 0.3 is 0 Å². The fourth-order valence-electron chi connectivity index (χ4n) is 16.7. The van der Waals surface area contributed by atoms with Gasteiger partial charge in [0.1, 0.15) is 13.5 Å². The van der Waals surface area contributed by atoms with Gasteiger partial charge in [-0.1, -0.05) is 78.3 Å². The number of aliphatic hydroxyl groups excluding tert-OH is 6. The molecule has 8 bridgehead atoms. The topological polar surface area (TPSA) is 254 Å². The molecule has 3 saturated carbocycles. The van der Waals surface area contributed by atoms with Crippen LogP contribution in [0, 0.1) is 52.8 Å². The third-order valence-electron chi connectivity index (χ3n) is 21.4. The second kappa shape index (κ2) is 29.5. The van der Waals surface area contributed by atoms with Crippen molar-refractivity contribution in [3.05, 3.63) is 77.1 Å². The second-order valence-corrected chi connectivity index (χ2v) is 29.6. The van der Waals surface area contributed by atoms with Gasteiger partial charge in [-0.15, -0.1) is 5.92 Å². The van der Waals surface area contributed by atoms with Crippen molar-refractivity contribution in [3.63, 3.8) is 0 Å². The Hall–Kier alpha value is -4.43. The van der Waals surface area contributed by atoms with Crippen LogP contribution in [0.1, 0.15) is 169 Å². The minimum Gasteiger partial charge on any atom is -0.504 e. The summed E-state index contributed by atoms with van der Waals surface area (Å²) in [7, 11) is 4.30. The van der Waals surface area contributed by atoms with Gasteiger partial charge in [-0.25, -0.2) is 0 Å². The number of aromatic hydroxyl groups is 2. The highest BCUT2D eigenvalue weighted by Gasteiger charge is 2.53. The van der Waals surface area contributed by atoms with Crippen LogP contribution in [-0.4, -0.2) is 133 Å². The Balaban J connectivity index is 0.963. The summed E-state index contributed by atoms with van der Waals surface area (Å²) < 4.78 is 32.3. The van der Waals surface area contributed by atoms with E-state index in [2.05, 4.69) is 29.4 Å². The molecule has 1 aromatic heterocycles. The second-order valence-electron chi connectivity index (χ2n) is 27.0. The fraction of sp³-hybridized carbons (Fsp3) is 0.667. The molecule has 10 N–H and O–H groups in total. The largest absolute Gasteiger partial charge is 0.504 e. The lowest BCUT2D eigenvalue weighted by Crippen LogP contribution is -2.53. The molecule has 5 aliphatic heterocycles. The number of phenols is 2. The predicted molar refractivity (Wildman–Crippen MR) is 340 cm³/mol. The minimum atomic E-state index is -1.13. The van der Waals surface area contributed by atoms with E-state index in [1.807, 2.05) is 41.2 Å². The zero-order chi connectivity index (χ0) is 61.5. The van der Waals surface area contributed by atoms with Crippen LogP contribution in [0.5, 0.6) is 28.7 Å². The smallest absolute Gasteiger partial charge is 0.220 e. The van der Waals surface area contributed by atoms with E-state index in [0.717, 1.165) is 98.2 Å². The number of aromatic nitrogens is 1. The summed E-state index contributed by atoms with van der Waals surface area (Å²) >= 11 is 0. The number of nitrogens with one attached hydrogen (secondary N) is 2. The van der Waals surface area contributed by atoms with Crippen molar-refractivity contribution in [2.45, 2.75) is 208 Å². The maximum atomic E-state index is 13.1. The van der Waals surface area contributed by atoms with Gasteiger partial charge in [-0.05, 0) is 185 Å². The average molecular weight is 1250 g/mol. The number of fused-ring (bicyclic) bond motifs is 8. The Labute approximate surface area is 526 Å². The number of amides is 1. The summed E-state index contributed by atoms with van der Waals surface area (Å²) in [6.07, 6.45) is 15.7. The molecule has 1 saturated heterocycles. The van der Waals surface area contributed by atoms with E-state index in [0.29, 0.717) is 68.3 Å². The molecule has 3 aromatic carbocycles. The Morgan fingerprint density at radius 2 is 1.68 bits per heavy atom. The Morgan fingerprint density at radius 1 is 0.852 bits per heavy atom. The number of rotatable bonds is 7. The first-order valence-corrected chi connectivity index (χ1v) is 35.1. The summed E-state index contributed by atoms with van der Waals surface area (Å²) in [6, 6.07) is 12.7. The number of nitrogens with zero attached hydrogens (tertiary/aromatic N) is 1. The first-order valence-electron chi connectivity index (χ1n) is 32.7. The molecule has 1 amide bonds. The van der Waals surface area contributed by atoms with Gasteiger partial charge in [0.2, 0.25) is 11.7 Å². The van der Waals surface area contributed by atoms with Crippen LogP contribution < -0.4 is 24.8 Å². The first-order chi connectivity index (χ1) is 42.6. The third-order valence-corrected chi connectivity index (χ3v) is 24.2. The normalized spacial score (nSPS) is 33.7. The zero-order valence-corrected chi connectivity index (χ0v) is 53.0. The highest BCUT2D eigenvalue weighted by atomic mass is 33.1. The maximum absolute atomic E-state index is 13.1. The molecule has 3 aliphatic carbocycles. The third kappa shape index (κ3) is 14.9. The molecule has 88 heavy (non-hydrogen) atoms. The van der Waals surface area contributed by atoms with Crippen LogP contribution in [0.4, 0.5) is 0 Å². The number of phenolic OH excluding ortho intramolecular Hbond substituents is 2. The number of carbonyl (C=O) groups excluding carboxylic acids is 1. The highest BCUT2D eigenvalue weighted by Crippen LogP contribution is 2.58. The molecule has 4 fully saturated rings. The van der Waals surface area contributed by atoms with Gasteiger partial charge in [-0.2, -0.15) is 0 Å². The summed E-state index contributed by atoms with van der Waals surface area (Å²) in [5, 5.41) is 101. The summed E-state index contributed by atoms with van der Waals surface area (Å²) in [6.45, 7) is 2.71. The maximum Gasteiger partial charge on any atom is 0.220 e. The SMILES string of the molecule is COc1cc(CC2C(O)CSSC3CC(O)c4cccc5cn(cc45)COCCCC4NC(=O)CC4C(O)CCC4CCC(C)CC45C#CCC4(CCCCC4)NCC4CCC(CC45)Oc4cc(c3cc4O)CCC(OCO)CC2O)cc(OCO)c1O. The molecular weight excluding hydrogens is 1160 g/mol. The van der Waals surface area contributed by atoms with Crippen molar-refractivity contribution in [2.24, 2.45) is 40.9 Å². The molecule has 6 heterocycles. The first kappa shape index (κ1) is 65.1. The number of methoxy groups -OCH3 is 1. The molecule has 2 spiro atoms. The Kier molecular flexibility index (Phi) is 21.8. The van der Waals surface area contributed by atoms with Crippen LogP contribution in [0.25, 0.3) is 10.8 Å². The van der Waals surface area contributed by atoms with Gasteiger partial charge in [0, 0.05) is 77.1 Å². The number of ether oxygens (including phenoxy) is 5. The van der Waals surface area contributed by atoms with E-state index in [4.69, 9.17) is 23.7 Å². The lowest BCUT2D eigenvalue weighted by atomic mass is 9.51. The van der Waals surface area contributed by atoms with Crippen molar-refractivity contribution >= 4 is 38.3 Å². The van der Waals surface area contributed by atoms with Crippen molar-refractivity contribution in [2.75, 3.05) is 39.6 Å².